The van der Waals surface area contributed by atoms with E-state index in [0.717, 1.165) is 63.2 Å². The Bertz CT molecular complexity index is 1180. The van der Waals surface area contributed by atoms with Gasteiger partial charge in [0.15, 0.2) is 0 Å². The average molecular weight is 477 g/mol. The van der Waals surface area contributed by atoms with E-state index in [2.05, 4.69) is 50.2 Å². The number of aliphatic hydroxyl groups is 1. The predicted octanol–water partition coefficient (Wildman–Crippen LogP) is 3.83. The summed E-state index contributed by atoms with van der Waals surface area (Å²) in [5.41, 5.74) is 1.68. The second-order valence-corrected chi connectivity index (χ2v) is 10.5. The first-order valence-corrected chi connectivity index (χ1v) is 12.7. The van der Waals surface area contributed by atoms with Crippen molar-refractivity contribution in [2.45, 2.75) is 58.1 Å². The molecule has 2 N–H and O–H groups in total. The van der Waals surface area contributed by atoms with Gasteiger partial charge in [0, 0.05) is 62.6 Å². The number of benzene rings is 1. The van der Waals surface area contributed by atoms with E-state index in [4.69, 9.17) is 4.98 Å². The topological polar surface area (TPSA) is 86.5 Å². The van der Waals surface area contributed by atoms with Gasteiger partial charge in [-0.3, -0.25) is 4.79 Å². The lowest BCUT2D eigenvalue weighted by Gasteiger charge is -2.36. The molecule has 35 heavy (non-hydrogen) atoms. The molecule has 8 nitrogen and oxygen atoms in total. The number of piperazine rings is 1. The number of carbonyl (C=O) groups excluding carboxylic acids is 1. The molecule has 3 heterocycles. The lowest BCUT2D eigenvalue weighted by molar-refractivity contribution is -0.129. The first kappa shape index (κ1) is 23.6. The molecule has 0 bridgehead atoms. The molecule has 5 rings (SSSR count). The molecule has 1 aliphatic heterocycles. The summed E-state index contributed by atoms with van der Waals surface area (Å²) in [4.78, 5) is 25.3. The van der Waals surface area contributed by atoms with Crippen LogP contribution < -0.4 is 10.2 Å². The highest BCUT2D eigenvalue weighted by atomic mass is 16.3. The number of nitrogens with zero attached hydrogens (tertiary/aromatic N) is 5. The van der Waals surface area contributed by atoms with Gasteiger partial charge in [0.1, 0.15) is 5.82 Å². The molecule has 8 heteroatoms. The molecule has 186 valence electrons. The number of rotatable bonds is 5. The Morgan fingerprint density at radius 1 is 1.06 bits per heavy atom. The van der Waals surface area contributed by atoms with Crippen LogP contribution in [-0.4, -0.2) is 68.3 Å². The van der Waals surface area contributed by atoms with Crippen molar-refractivity contribution in [2.75, 3.05) is 36.4 Å². The summed E-state index contributed by atoms with van der Waals surface area (Å²) in [6.07, 6.45) is 7.91. The van der Waals surface area contributed by atoms with Crippen LogP contribution in [0.1, 0.15) is 46.5 Å². The van der Waals surface area contributed by atoms with Gasteiger partial charge < -0.3 is 24.8 Å². The third kappa shape index (κ3) is 4.98. The zero-order chi connectivity index (χ0) is 24.6. The van der Waals surface area contributed by atoms with Crippen LogP contribution in [0.5, 0.6) is 0 Å². The molecule has 2 aromatic heterocycles. The van der Waals surface area contributed by atoms with Gasteiger partial charge in [-0.05, 0) is 69.7 Å². The van der Waals surface area contributed by atoms with Gasteiger partial charge in [0.25, 0.3) is 0 Å². The fourth-order valence-corrected chi connectivity index (χ4v) is 5.57. The molecule has 1 aromatic carbocycles. The normalized spacial score (nSPS) is 21.4. The largest absolute Gasteiger partial charge is 0.390 e. The van der Waals surface area contributed by atoms with Gasteiger partial charge in [0.05, 0.1) is 11.1 Å². The summed E-state index contributed by atoms with van der Waals surface area (Å²) >= 11 is 0. The molecule has 1 saturated heterocycles. The van der Waals surface area contributed by atoms with Crippen molar-refractivity contribution >= 4 is 28.4 Å². The minimum Gasteiger partial charge on any atom is -0.390 e. The fraction of sp³-hybridized carbons (Fsp3) is 0.519. The number of nitrogens with one attached hydrogen (secondary N) is 1. The van der Waals surface area contributed by atoms with E-state index in [-0.39, 0.29) is 5.91 Å². The maximum Gasteiger partial charge on any atom is 0.224 e. The minimum atomic E-state index is -0.614. The average Bonchev–Trinajstić information content (AvgIpc) is 3.28. The van der Waals surface area contributed by atoms with Gasteiger partial charge in [-0.25, -0.2) is 4.98 Å². The molecule has 3 aromatic rings. The molecule has 0 unspecified atom stereocenters. The third-order valence-corrected chi connectivity index (χ3v) is 7.72. The van der Waals surface area contributed by atoms with Crippen LogP contribution in [0.2, 0.25) is 0 Å². The minimum absolute atomic E-state index is 0.146. The van der Waals surface area contributed by atoms with Crippen molar-refractivity contribution < 1.29 is 9.90 Å². The van der Waals surface area contributed by atoms with Gasteiger partial charge in [0.2, 0.25) is 11.9 Å². The van der Waals surface area contributed by atoms with Gasteiger partial charge in [-0.15, -0.1) is 0 Å². The van der Waals surface area contributed by atoms with Crippen LogP contribution in [0.25, 0.3) is 16.7 Å². The number of fused-ring (bicyclic) bond motifs is 1. The summed E-state index contributed by atoms with van der Waals surface area (Å²) in [5.74, 6) is 1.97. The number of hydrogen-bond acceptors (Lipinski definition) is 6. The van der Waals surface area contributed by atoms with E-state index in [1.165, 1.54) is 11.1 Å². The molecule has 1 aliphatic carbocycles. The lowest BCUT2D eigenvalue weighted by atomic mass is 9.77. The van der Waals surface area contributed by atoms with E-state index in [9.17, 15) is 9.90 Å². The third-order valence-electron chi connectivity index (χ3n) is 7.72. The van der Waals surface area contributed by atoms with Crippen molar-refractivity contribution in [1.82, 2.24) is 19.4 Å². The summed E-state index contributed by atoms with van der Waals surface area (Å²) in [6.45, 7) is 8.65. The predicted molar refractivity (Wildman–Crippen MR) is 139 cm³/mol. The summed E-state index contributed by atoms with van der Waals surface area (Å²) in [6, 6.07) is 10.8. The summed E-state index contributed by atoms with van der Waals surface area (Å²) in [7, 11) is 0. The molecule has 0 atom stereocenters. The molecule has 1 saturated carbocycles. The molecule has 2 fully saturated rings. The van der Waals surface area contributed by atoms with Crippen LogP contribution in [0.15, 0.2) is 42.7 Å². The van der Waals surface area contributed by atoms with Crippen LogP contribution in [0.4, 0.5) is 11.6 Å². The molecule has 0 radical (unpaired) electrons. The highest BCUT2D eigenvalue weighted by Crippen LogP contribution is 2.34. The fourth-order valence-electron chi connectivity index (χ4n) is 5.57. The standard InChI is InChI=1S/C27H36N6O2/c1-19(34)31-15-17-32(18-16-31)23-5-4-6-24-22(23)12-14-33(24)25-11-13-28-26(30-25)29-21-9-7-20(8-10-21)27(2,3)35/h4-6,11-14,20-21,35H,7-10,15-18H2,1-3H3,(H,28,29,30). The highest BCUT2D eigenvalue weighted by Gasteiger charge is 2.31. The Labute approximate surface area is 207 Å². The second-order valence-electron chi connectivity index (χ2n) is 10.5. The lowest BCUT2D eigenvalue weighted by Crippen LogP contribution is -2.48. The molecular weight excluding hydrogens is 440 g/mol. The Balaban J connectivity index is 1.32. The summed E-state index contributed by atoms with van der Waals surface area (Å²) in [5, 5.41) is 15.0. The van der Waals surface area contributed by atoms with Gasteiger partial charge in [-0.1, -0.05) is 6.07 Å². The zero-order valence-corrected chi connectivity index (χ0v) is 20.9. The van der Waals surface area contributed by atoms with E-state index in [0.29, 0.717) is 17.9 Å². The first-order valence-electron chi connectivity index (χ1n) is 12.7. The van der Waals surface area contributed by atoms with Gasteiger partial charge in [-0.2, -0.15) is 4.98 Å². The Kier molecular flexibility index (Phi) is 6.40. The maximum atomic E-state index is 11.7. The SMILES string of the molecule is CC(=O)N1CCN(c2cccc3c2ccn3-c2ccnc(NC3CCC(C(C)(C)O)CC3)n2)CC1. The van der Waals surface area contributed by atoms with Crippen LogP contribution in [-0.2, 0) is 4.79 Å². The zero-order valence-electron chi connectivity index (χ0n) is 20.9. The monoisotopic (exact) mass is 476 g/mol. The number of amides is 1. The number of anilines is 2. The van der Waals surface area contributed by atoms with Crippen molar-refractivity contribution in [3.63, 3.8) is 0 Å². The molecular formula is C27H36N6O2. The quantitative estimate of drug-likeness (QED) is 0.582. The molecule has 0 spiro atoms. The van der Waals surface area contributed by atoms with E-state index >= 15 is 0 Å². The Morgan fingerprint density at radius 3 is 2.49 bits per heavy atom. The Morgan fingerprint density at radius 2 is 1.80 bits per heavy atom. The van der Waals surface area contributed by atoms with E-state index in [1.54, 1.807) is 6.92 Å². The molecule has 2 aliphatic rings. The van der Waals surface area contributed by atoms with Crippen LogP contribution >= 0.6 is 0 Å². The second kappa shape index (κ2) is 9.49. The van der Waals surface area contributed by atoms with Crippen LogP contribution in [0, 0.1) is 5.92 Å². The number of aromatic nitrogens is 3. The number of carbonyl (C=O) groups is 1. The van der Waals surface area contributed by atoms with Crippen LogP contribution in [0.3, 0.4) is 0 Å². The van der Waals surface area contributed by atoms with Crippen molar-refractivity contribution in [1.29, 1.82) is 0 Å². The molecule has 1 amide bonds. The highest BCUT2D eigenvalue weighted by molar-refractivity contribution is 5.94. The van der Waals surface area contributed by atoms with Crippen molar-refractivity contribution in [3.8, 4) is 5.82 Å². The number of hydrogen-bond donors (Lipinski definition) is 2. The van der Waals surface area contributed by atoms with Gasteiger partial charge >= 0.3 is 0 Å². The van der Waals surface area contributed by atoms with Crippen molar-refractivity contribution in [3.05, 3.63) is 42.7 Å². The Hall–Kier alpha value is -3.13. The van der Waals surface area contributed by atoms with Crippen molar-refractivity contribution in [2.24, 2.45) is 5.92 Å². The van der Waals surface area contributed by atoms with E-state index < -0.39 is 5.60 Å². The maximum absolute atomic E-state index is 11.7. The van der Waals surface area contributed by atoms with E-state index in [1.807, 2.05) is 31.0 Å². The summed E-state index contributed by atoms with van der Waals surface area (Å²) < 4.78 is 2.11. The first-order chi connectivity index (χ1) is 16.8. The smallest absolute Gasteiger partial charge is 0.224 e.